The first-order chi connectivity index (χ1) is 2.41. The Balaban J connectivity index is 0. The summed E-state index contributed by atoms with van der Waals surface area (Å²) in [5.41, 5.74) is 0. The van der Waals surface area contributed by atoms with E-state index >= 15 is 0 Å². The van der Waals surface area contributed by atoms with E-state index in [0.29, 0.717) is 0 Å². The van der Waals surface area contributed by atoms with E-state index in [4.69, 9.17) is 0 Å². The number of hydrogen-bond acceptors (Lipinski definition) is 1. The highest BCUT2D eigenvalue weighted by atomic mass is 28.1. The highest BCUT2D eigenvalue weighted by molar-refractivity contribution is 5.75. The molecule has 1 nitrogen and oxygen atoms in total. The molecule has 0 heterocycles. The molecule has 0 rings (SSSR count). The maximum Gasteiger partial charge on any atom is -0.00775 e. The van der Waals surface area contributed by atoms with Crippen molar-refractivity contribution in [2.75, 3.05) is 13.1 Å². The summed E-state index contributed by atoms with van der Waals surface area (Å²) in [6.45, 7) is 6.39. The normalized spacial score (nSPS) is 7.00. The van der Waals surface area contributed by atoms with Gasteiger partial charge >= 0.3 is 0 Å². The van der Waals surface area contributed by atoms with Crippen LogP contribution in [-0.4, -0.2) is 24.1 Å². The van der Waals surface area contributed by atoms with Crippen LogP contribution in [0.15, 0.2) is 0 Å². The molecule has 0 amide bonds. The highest BCUT2D eigenvalue weighted by Crippen LogP contribution is 1.47. The summed E-state index contributed by atoms with van der Waals surface area (Å²) < 4.78 is 0. The second kappa shape index (κ2) is 8.95. The van der Waals surface area contributed by atoms with Crippen molar-refractivity contribution in [2.45, 2.75) is 13.8 Å². The monoisotopic (exact) mass is 105 g/mol. The molecule has 0 aromatic carbocycles. The summed E-state index contributed by atoms with van der Waals surface area (Å²) in [5.74, 6) is 0. The van der Waals surface area contributed by atoms with Crippen LogP contribution in [0, 0.1) is 0 Å². The lowest BCUT2D eigenvalue weighted by Gasteiger charge is -1.86. The van der Waals surface area contributed by atoms with Crippen molar-refractivity contribution in [3.8, 4) is 0 Å². The third-order valence-corrected chi connectivity index (χ3v) is 0.500. The smallest absolute Gasteiger partial charge is 0.00775 e. The minimum Gasteiger partial charge on any atom is -0.317 e. The van der Waals surface area contributed by atoms with Gasteiger partial charge in [-0.25, -0.2) is 0 Å². The van der Waals surface area contributed by atoms with Crippen LogP contribution < -0.4 is 5.32 Å². The number of rotatable bonds is 2. The standard InChI is InChI=1S/C4H11N.H4Si/c1-3-5-4-2;/h5H,3-4H2,1-2H3;1H4. The van der Waals surface area contributed by atoms with Crippen molar-refractivity contribution in [1.82, 2.24) is 5.32 Å². The quantitative estimate of drug-likeness (QED) is 0.452. The topological polar surface area (TPSA) is 12.0 Å². The Kier molecular flexibility index (Phi) is 14.2. The van der Waals surface area contributed by atoms with E-state index < -0.39 is 0 Å². The van der Waals surface area contributed by atoms with Crippen LogP contribution in [0.2, 0.25) is 0 Å². The largest absolute Gasteiger partial charge is 0.317 e. The Morgan fingerprint density at radius 2 is 1.50 bits per heavy atom. The zero-order chi connectivity index (χ0) is 4.12. The van der Waals surface area contributed by atoms with Gasteiger partial charge in [-0.15, -0.1) is 0 Å². The average molecular weight is 105 g/mol. The molecular formula is C4H15NSi. The zero-order valence-electron chi connectivity index (χ0n) is 3.91. The molecule has 0 radical (unpaired) electrons. The molecule has 0 atom stereocenters. The predicted octanol–water partition coefficient (Wildman–Crippen LogP) is -0.836. The second-order valence-electron chi connectivity index (χ2n) is 0.957. The van der Waals surface area contributed by atoms with Gasteiger partial charge in [-0.2, -0.15) is 0 Å². The molecule has 0 aromatic rings. The molecule has 1 N–H and O–H groups in total. The van der Waals surface area contributed by atoms with E-state index in [1.54, 1.807) is 0 Å². The Labute approximate surface area is 44.2 Å². The van der Waals surface area contributed by atoms with Crippen molar-refractivity contribution in [3.63, 3.8) is 0 Å². The van der Waals surface area contributed by atoms with Gasteiger partial charge in [-0.05, 0) is 24.1 Å². The van der Waals surface area contributed by atoms with Gasteiger partial charge in [0.1, 0.15) is 0 Å². The molecule has 40 valence electrons. The van der Waals surface area contributed by atoms with Gasteiger partial charge in [0.15, 0.2) is 0 Å². The first kappa shape index (κ1) is 9.49. The first-order valence-electron chi connectivity index (χ1n) is 2.12. The lowest BCUT2D eigenvalue weighted by molar-refractivity contribution is 0.762. The maximum atomic E-state index is 3.11. The third-order valence-electron chi connectivity index (χ3n) is 0.500. The van der Waals surface area contributed by atoms with Crippen LogP contribution in [0.25, 0.3) is 0 Å². The van der Waals surface area contributed by atoms with E-state index in [0.717, 1.165) is 13.1 Å². The summed E-state index contributed by atoms with van der Waals surface area (Å²) in [4.78, 5) is 0. The van der Waals surface area contributed by atoms with Crippen molar-refractivity contribution >= 4 is 11.0 Å². The molecule has 0 aliphatic heterocycles. The number of hydrogen-bond donors (Lipinski definition) is 1. The molecule has 0 saturated carbocycles. The van der Waals surface area contributed by atoms with Gasteiger partial charge < -0.3 is 5.32 Å². The predicted molar refractivity (Wildman–Crippen MR) is 35.6 cm³/mol. The first-order valence-corrected chi connectivity index (χ1v) is 2.12. The molecule has 0 spiro atoms. The van der Waals surface area contributed by atoms with Crippen molar-refractivity contribution in [3.05, 3.63) is 0 Å². The fourth-order valence-corrected chi connectivity index (χ4v) is 0.250. The Morgan fingerprint density at radius 3 is 1.50 bits per heavy atom. The number of nitrogens with one attached hydrogen (secondary N) is 1. The molecule has 0 aliphatic rings. The van der Waals surface area contributed by atoms with Crippen molar-refractivity contribution < 1.29 is 0 Å². The van der Waals surface area contributed by atoms with Gasteiger partial charge in [0.2, 0.25) is 0 Å². The van der Waals surface area contributed by atoms with Crippen LogP contribution in [0.3, 0.4) is 0 Å². The van der Waals surface area contributed by atoms with Crippen molar-refractivity contribution in [2.24, 2.45) is 0 Å². The maximum absolute atomic E-state index is 3.11. The molecular weight excluding hydrogens is 90.1 g/mol. The van der Waals surface area contributed by atoms with Crippen LogP contribution in [0.1, 0.15) is 13.8 Å². The van der Waals surface area contributed by atoms with Crippen LogP contribution >= 0.6 is 0 Å². The van der Waals surface area contributed by atoms with E-state index in [1.165, 1.54) is 0 Å². The fraction of sp³-hybridized carbons (Fsp3) is 1.00. The second-order valence-corrected chi connectivity index (χ2v) is 0.957. The molecule has 0 fully saturated rings. The van der Waals surface area contributed by atoms with E-state index in [9.17, 15) is 0 Å². The Hall–Kier alpha value is 0.177. The minimum absolute atomic E-state index is 0. The van der Waals surface area contributed by atoms with E-state index in [2.05, 4.69) is 19.2 Å². The van der Waals surface area contributed by atoms with Gasteiger partial charge in [-0.3, -0.25) is 0 Å². The van der Waals surface area contributed by atoms with Gasteiger partial charge in [0.25, 0.3) is 0 Å². The van der Waals surface area contributed by atoms with Gasteiger partial charge in [0, 0.05) is 0 Å². The van der Waals surface area contributed by atoms with Gasteiger partial charge in [0.05, 0.1) is 0 Å². The SMILES string of the molecule is CCNCC.[SiH4]. The van der Waals surface area contributed by atoms with Crippen LogP contribution in [0.5, 0.6) is 0 Å². The summed E-state index contributed by atoms with van der Waals surface area (Å²) in [6.07, 6.45) is 0. The molecule has 0 unspecified atom stereocenters. The lowest BCUT2D eigenvalue weighted by Crippen LogP contribution is -2.09. The highest BCUT2D eigenvalue weighted by Gasteiger charge is 1.62. The lowest BCUT2D eigenvalue weighted by atomic mass is 10.7. The fourth-order valence-electron chi connectivity index (χ4n) is 0.250. The Morgan fingerprint density at radius 1 is 1.17 bits per heavy atom. The van der Waals surface area contributed by atoms with E-state index in [1.807, 2.05) is 0 Å². The van der Waals surface area contributed by atoms with Crippen LogP contribution in [-0.2, 0) is 0 Å². The Bertz CT molecular complexity index is 15.0. The summed E-state index contributed by atoms with van der Waals surface area (Å²) >= 11 is 0. The third kappa shape index (κ3) is 8.90. The summed E-state index contributed by atoms with van der Waals surface area (Å²) in [5, 5.41) is 3.11. The minimum atomic E-state index is 0. The summed E-state index contributed by atoms with van der Waals surface area (Å²) in [7, 11) is 0. The average Bonchev–Trinajstić information content (AvgIpc) is 1.41. The molecule has 2 heteroatoms. The molecule has 6 heavy (non-hydrogen) atoms. The molecule has 0 aromatic heterocycles. The van der Waals surface area contributed by atoms with Crippen molar-refractivity contribution in [1.29, 1.82) is 0 Å². The van der Waals surface area contributed by atoms with Crippen LogP contribution in [0.4, 0.5) is 0 Å². The molecule has 0 bridgehead atoms. The summed E-state index contributed by atoms with van der Waals surface area (Å²) in [6, 6.07) is 0. The zero-order valence-corrected chi connectivity index (χ0v) is 3.91. The molecule has 0 saturated heterocycles. The van der Waals surface area contributed by atoms with Gasteiger partial charge in [-0.1, -0.05) is 13.8 Å². The van der Waals surface area contributed by atoms with E-state index in [-0.39, 0.29) is 11.0 Å². The molecule has 0 aliphatic carbocycles.